The summed E-state index contributed by atoms with van der Waals surface area (Å²) in [7, 11) is 0. The van der Waals surface area contributed by atoms with Crippen molar-refractivity contribution >= 4 is 0 Å². The predicted molar refractivity (Wildman–Crippen MR) is 86.5 cm³/mol. The van der Waals surface area contributed by atoms with Gasteiger partial charge >= 0.3 is 0 Å². The van der Waals surface area contributed by atoms with Crippen molar-refractivity contribution in [2.75, 3.05) is 6.54 Å². The third-order valence-corrected chi connectivity index (χ3v) is 5.09. The first-order chi connectivity index (χ1) is 9.21. The Labute approximate surface area is 121 Å². The Morgan fingerprint density at radius 3 is 2.42 bits per heavy atom. The highest BCUT2D eigenvalue weighted by Gasteiger charge is 2.29. The summed E-state index contributed by atoms with van der Waals surface area (Å²) < 4.78 is 0. The van der Waals surface area contributed by atoms with Crippen LogP contribution >= 0.6 is 0 Å². The number of nitrogens with one attached hydrogen (secondary N) is 1. The molecule has 1 rings (SSSR count). The predicted octanol–water partition coefficient (Wildman–Crippen LogP) is 5.40. The van der Waals surface area contributed by atoms with Crippen LogP contribution in [-0.2, 0) is 0 Å². The van der Waals surface area contributed by atoms with Crippen LogP contribution in [0.3, 0.4) is 0 Å². The Morgan fingerprint density at radius 2 is 1.89 bits per heavy atom. The summed E-state index contributed by atoms with van der Waals surface area (Å²) in [6, 6.07) is 0.798. The summed E-state index contributed by atoms with van der Waals surface area (Å²) in [6.07, 6.45) is 12.7. The van der Waals surface area contributed by atoms with Gasteiger partial charge in [0.15, 0.2) is 0 Å². The molecule has 1 fully saturated rings. The lowest BCUT2D eigenvalue weighted by Crippen LogP contribution is -2.37. The zero-order valence-corrected chi connectivity index (χ0v) is 13.9. The molecule has 0 amide bonds. The van der Waals surface area contributed by atoms with Crippen molar-refractivity contribution in [1.82, 2.24) is 5.32 Å². The maximum Gasteiger partial charge on any atom is 0.00980 e. The lowest BCUT2D eigenvalue weighted by Gasteiger charge is -2.29. The van der Waals surface area contributed by atoms with Crippen molar-refractivity contribution in [1.29, 1.82) is 0 Å². The molecule has 1 aliphatic rings. The fraction of sp³-hybridized carbons (Fsp3) is 1.00. The van der Waals surface area contributed by atoms with Gasteiger partial charge in [-0.2, -0.15) is 0 Å². The molecular formula is C18H37N. The molecule has 1 nitrogen and oxygen atoms in total. The van der Waals surface area contributed by atoms with Crippen molar-refractivity contribution in [2.24, 2.45) is 17.8 Å². The molecule has 0 radical (unpaired) electrons. The SMILES string of the molecule is CCCCC(CC)CC(NCCC)C1CCC(C)C1. The lowest BCUT2D eigenvalue weighted by molar-refractivity contribution is 0.274. The number of hydrogen-bond donors (Lipinski definition) is 1. The van der Waals surface area contributed by atoms with Crippen LogP contribution in [0.5, 0.6) is 0 Å². The van der Waals surface area contributed by atoms with Gasteiger partial charge in [0, 0.05) is 6.04 Å². The Hall–Kier alpha value is -0.0400. The molecule has 0 aromatic carbocycles. The summed E-state index contributed by atoms with van der Waals surface area (Å²) in [5.74, 6) is 2.87. The molecule has 0 spiro atoms. The minimum Gasteiger partial charge on any atom is -0.314 e. The van der Waals surface area contributed by atoms with Crippen molar-refractivity contribution in [2.45, 2.75) is 91.5 Å². The van der Waals surface area contributed by atoms with E-state index in [0.29, 0.717) is 0 Å². The Kier molecular flexibility index (Phi) is 8.77. The first-order valence-corrected chi connectivity index (χ1v) is 8.94. The van der Waals surface area contributed by atoms with Crippen molar-refractivity contribution < 1.29 is 0 Å². The average Bonchev–Trinajstić information content (AvgIpc) is 2.84. The fourth-order valence-corrected chi connectivity index (χ4v) is 3.73. The van der Waals surface area contributed by atoms with Crippen LogP contribution in [0.1, 0.15) is 85.5 Å². The summed E-state index contributed by atoms with van der Waals surface area (Å²) in [5.41, 5.74) is 0. The largest absolute Gasteiger partial charge is 0.314 e. The maximum atomic E-state index is 3.87. The fourth-order valence-electron chi connectivity index (χ4n) is 3.73. The van der Waals surface area contributed by atoms with Crippen LogP contribution in [-0.4, -0.2) is 12.6 Å². The Balaban J connectivity index is 2.47. The Morgan fingerprint density at radius 1 is 1.11 bits per heavy atom. The molecule has 0 aliphatic heterocycles. The summed E-state index contributed by atoms with van der Waals surface area (Å²) in [4.78, 5) is 0. The van der Waals surface area contributed by atoms with Crippen LogP contribution in [0.2, 0.25) is 0 Å². The van der Waals surface area contributed by atoms with E-state index < -0.39 is 0 Å². The molecule has 0 heterocycles. The van der Waals surface area contributed by atoms with Crippen molar-refractivity contribution in [3.63, 3.8) is 0 Å². The van der Waals surface area contributed by atoms with Gasteiger partial charge < -0.3 is 5.32 Å². The van der Waals surface area contributed by atoms with Gasteiger partial charge in [0.2, 0.25) is 0 Å². The molecule has 1 saturated carbocycles. The van der Waals surface area contributed by atoms with Crippen LogP contribution in [0.4, 0.5) is 0 Å². The van der Waals surface area contributed by atoms with Crippen LogP contribution in [0, 0.1) is 17.8 Å². The maximum absolute atomic E-state index is 3.87. The third-order valence-electron chi connectivity index (χ3n) is 5.09. The second kappa shape index (κ2) is 9.80. The zero-order valence-electron chi connectivity index (χ0n) is 13.9. The first kappa shape index (κ1) is 17.0. The normalized spacial score (nSPS) is 26.5. The second-order valence-electron chi connectivity index (χ2n) is 6.89. The van der Waals surface area contributed by atoms with E-state index >= 15 is 0 Å². The van der Waals surface area contributed by atoms with Gasteiger partial charge in [0.25, 0.3) is 0 Å². The molecule has 19 heavy (non-hydrogen) atoms. The van der Waals surface area contributed by atoms with Crippen molar-refractivity contribution in [3.05, 3.63) is 0 Å². The van der Waals surface area contributed by atoms with E-state index in [4.69, 9.17) is 0 Å². The molecule has 0 bridgehead atoms. The quantitative estimate of drug-likeness (QED) is 0.559. The highest BCUT2D eigenvalue weighted by Crippen LogP contribution is 2.35. The summed E-state index contributed by atoms with van der Waals surface area (Å²) in [6.45, 7) is 10.6. The molecule has 114 valence electrons. The smallest absolute Gasteiger partial charge is 0.00980 e. The highest BCUT2D eigenvalue weighted by molar-refractivity contribution is 4.84. The topological polar surface area (TPSA) is 12.0 Å². The minimum absolute atomic E-state index is 0.798. The average molecular weight is 268 g/mol. The monoisotopic (exact) mass is 267 g/mol. The van der Waals surface area contributed by atoms with E-state index in [0.717, 1.165) is 23.8 Å². The van der Waals surface area contributed by atoms with Gasteiger partial charge in [-0.3, -0.25) is 0 Å². The molecule has 1 N–H and O–H groups in total. The van der Waals surface area contributed by atoms with Gasteiger partial charge in [0.1, 0.15) is 0 Å². The van der Waals surface area contributed by atoms with E-state index in [1.54, 1.807) is 0 Å². The molecule has 4 atom stereocenters. The number of rotatable bonds is 10. The standard InChI is InChI=1S/C18H37N/c1-5-8-9-16(7-3)14-18(19-12-6-2)17-11-10-15(4)13-17/h15-19H,5-14H2,1-4H3. The molecule has 1 aliphatic carbocycles. The van der Waals surface area contributed by atoms with E-state index in [2.05, 4.69) is 33.0 Å². The molecule has 0 aromatic heterocycles. The van der Waals surface area contributed by atoms with E-state index in [-0.39, 0.29) is 0 Å². The van der Waals surface area contributed by atoms with Gasteiger partial charge in [0.05, 0.1) is 0 Å². The zero-order chi connectivity index (χ0) is 14.1. The highest BCUT2D eigenvalue weighted by atomic mass is 14.9. The lowest BCUT2D eigenvalue weighted by atomic mass is 9.85. The summed E-state index contributed by atoms with van der Waals surface area (Å²) in [5, 5.41) is 3.87. The van der Waals surface area contributed by atoms with Crippen LogP contribution < -0.4 is 5.32 Å². The second-order valence-corrected chi connectivity index (χ2v) is 6.89. The van der Waals surface area contributed by atoms with Crippen LogP contribution in [0.25, 0.3) is 0 Å². The summed E-state index contributed by atoms with van der Waals surface area (Å²) >= 11 is 0. The molecular weight excluding hydrogens is 230 g/mol. The van der Waals surface area contributed by atoms with Crippen LogP contribution in [0.15, 0.2) is 0 Å². The van der Waals surface area contributed by atoms with Gasteiger partial charge in [-0.1, -0.05) is 59.8 Å². The van der Waals surface area contributed by atoms with Gasteiger partial charge in [-0.05, 0) is 50.0 Å². The van der Waals surface area contributed by atoms with Gasteiger partial charge in [-0.25, -0.2) is 0 Å². The Bertz CT molecular complexity index is 214. The van der Waals surface area contributed by atoms with E-state index in [9.17, 15) is 0 Å². The number of unbranched alkanes of at least 4 members (excludes halogenated alkanes) is 1. The minimum atomic E-state index is 0.798. The van der Waals surface area contributed by atoms with E-state index in [1.807, 2.05) is 0 Å². The molecule has 4 unspecified atom stereocenters. The third kappa shape index (κ3) is 6.29. The van der Waals surface area contributed by atoms with E-state index in [1.165, 1.54) is 64.3 Å². The van der Waals surface area contributed by atoms with Gasteiger partial charge in [-0.15, -0.1) is 0 Å². The molecule has 0 aromatic rings. The van der Waals surface area contributed by atoms with Crippen molar-refractivity contribution in [3.8, 4) is 0 Å². The first-order valence-electron chi connectivity index (χ1n) is 8.94. The number of hydrogen-bond acceptors (Lipinski definition) is 1. The molecule has 1 heteroatoms. The molecule has 0 saturated heterocycles.